The minimum atomic E-state index is -3.62. The van der Waals surface area contributed by atoms with Crippen LogP contribution in [0, 0.1) is 11.3 Å². The maximum absolute atomic E-state index is 11.4. The van der Waals surface area contributed by atoms with Gasteiger partial charge in [0.1, 0.15) is 0 Å². The van der Waals surface area contributed by atoms with Gasteiger partial charge in [-0.1, -0.05) is 12.1 Å². The molecule has 0 saturated heterocycles. The molecule has 0 heterocycles. The summed E-state index contributed by atoms with van der Waals surface area (Å²) in [5.74, 6) is 0.929. The van der Waals surface area contributed by atoms with Crippen molar-refractivity contribution in [3.8, 4) is 0 Å². The van der Waals surface area contributed by atoms with Crippen molar-refractivity contribution in [3.05, 3.63) is 29.8 Å². The molecule has 0 spiro atoms. The maximum Gasteiger partial charge on any atom is 0.238 e. The summed E-state index contributed by atoms with van der Waals surface area (Å²) >= 11 is 0. The molecule has 0 aromatic heterocycles. The van der Waals surface area contributed by atoms with Gasteiger partial charge in [-0.15, -0.1) is 0 Å². The number of sulfonamides is 1. The van der Waals surface area contributed by atoms with E-state index >= 15 is 0 Å². The van der Waals surface area contributed by atoms with E-state index in [2.05, 4.69) is 12.2 Å². The van der Waals surface area contributed by atoms with Gasteiger partial charge in [0.25, 0.3) is 0 Å². The van der Waals surface area contributed by atoms with Crippen LogP contribution in [0.3, 0.4) is 0 Å². The molecule has 3 N–H and O–H groups in total. The van der Waals surface area contributed by atoms with Gasteiger partial charge in [-0.25, -0.2) is 13.6 Å². The lowest BCUT2D eigenvalue weighted by Gasteiger charge is -2.20. The molecule has 0 amide bonds. The summed E-state index contributed by atoms with van der Waals surface area (Å²) in [6.07, 6.45) is 5.46. The van der Waals surface area contributed by atoms with Crippen molar-refractivity contribution in [2.24, 2.45) is 16.5 Å². The first kappa shape index (κ1) is 14.0. The minimum absolute atomic E-state index is 0.146. The van der Waals surface area contributed by atoms with Crippen LogP contribution in [0.2, 0.25) is 0 Å². The van der Waals surface area contributed by atoms with Crippen LogP contribution in [0.1, 0.15) is 44.2 Å². The summed E-state index contributed by atoms with van der Waals surface area (Å²) < 4.78 is 22.8. The molecule has 0 radical (unpaired) electrons. The predicted molar refractivity (Wildman–Crippen MR) is 78.6 cm³/mol. The molecule has 2 aliphatic carbocycles. The molecule has 1 unspecified atom stereocenters. The molecular formula is C15H22N2O2S. The van der Waals surface area contributed by atoms with Crippen molar-refractivity contribution >= 4 is 10.0 Å². The third-order valence-electron chi connectivity index (χ3n) is 4.78. The van der Waals surface area contributed by atoms with Crippen LogP contribution < -0.4 is 10.5 Å². The Balaban J connectivity index is 1.66. The zero-order chi connectivity index (χ0) is 14.4. The number of hydrogen-bond acceptors (Lipinski definition) is 3. The first-order valence-corrected chi connectivity index (χ1v) is 8.81. The molecule has 3 rings (SSSR count). The van der Waals surface area contributed by atoms with Crippen LogP contribution in [-0.4, -0.2) is 15.0 Å². The van der Waals surface area contributed by atoms with Crippen molar-refractivity contribution in [1.29, 1.82) is 0 Å². The average Bonchev–Trinajstić information content (AvgIpc) is 3.27. The maximum atomic E-state index is 11.4. The number of hydrogen-bond donors (Lipinski definition) is 2. The van der Waals surface area contributed by atoms with Crippen molar-refractivity contribution in [3.63, 3.8) is 0 Å². The Bertz CT molecular complexity index is 604. The molecule has 2 aliphatic rings. The molecule has 5 heteroatoms. The highest BCUT2D eigenvalue weighted by Gasteiger charge is 2.53. The van der Waals surface area contributed by atoms with Crippen molar-refractivity contribution in [2.75, 3.05) is 6.54 Å². The summed E-state index contributed by atoms with van der Waals surface area (Å²) in [6.45, 7) is 3.11. The minimum Gasteiger partial charge on any atom is -0.310 e. The highest BCUT2D eigenvalue weighted by Crippen LogP contribution is 2.60. The Hall–Kier alpha value is -0.910. The van der Waals surface area contributed by atoms with E-state index in [9.17, 15) is 8.42 Å². The molecule has 4 nitrogen and oxygen atoms in total. The normalized spacial score (nSPS) is 22.5. The summed E-state index contributed by atoms with van der Waals surface area (Å²) in [4.78, 5) is 0.187. The van der Waals surface area contributed by atoms with Gasteiger partial charge < -0.3 is 5.32 Å². The fraction of sp³-hybridized carbons (Fsp3) is 0.600. The second-order valence-corrected chi connectivity index (χ2v) is 7.92. The highest BCUT2D eigenvalue weighted by molar-refractivity contribution is 7.89. The van der Waals surface area contributed by atoms with E-state index in [1.165, 1.54) is 31.7 Å². The lowest BCUT2D eigenvalue weighted by Crippen LogP contribution is -2.28. The molecule has 1 atom stereocenters. The van der Waals surface area contributed by atoms with Crippen molar-refractivity contribution in [1.82, 2.24) is 5.32 Å². The summed E-state index contributed by atoms with van der Waals surface area (Å²) in [5.41, 5.74) is 1.52. The lowest BCUT2D eigenvalue weighted by atomic mass is 9.99. The fourth-order valence-corrected chi connectivity index (χ4v) is 3.59. The highest BCUT2D eigenvalue weighted by atomic mass is 32.2. The summed E-state index contributed by atoms with van der Waals surface area (Å²) in [7, 11) is -3.62. The average molecular weight is 294 g/mol. The van der Waals surface area contributed by atoms with Gasteiger partial charge in [0.05, 0.1) is 4.90 Å². The fourth-order valence-electron chi connectivity index (χ4n) is 3.02. The van der Waals surface area contributed by atoms with Gasteiger partial charge in [-0.2, -0.15) is 0 Å². The quantitative estimate of drug-likeness (QED) is 0.844. The zero-order valence-electron chi connectivity index (χ0n) is 11.8. The Morgan fingerprint density at radius 1 is 1.40 bits per heavy atom. The molecule has 2 saturated carbocycles. The van der Waals surface area contributed by atoms with Crippen LogP contribution in [0.15, 0.2) is 29.2 Å². The van der Waals surface area contributed by atoms with E-state index in [0.717, 1.165) is 18.0 Å². The first-order chi connectivity index (χ1) is 9.41. The van der Waals surface area contributed by atoms with Gasteiger partial charge >= 0.3 is 0 Å². The van der Waals surface area contributed by atoms with E-state index < -0.39 is 10.0 Å². The second kappa shape index (κ2) is 4.83. The first-order valence-electron chi connectivity index (χ1n) is 7.27. The molecule has 2 fully saturated rings. The van der Waals surface area contributed by atoms with E-state index in [1.807, 2.05) is 6.07 Å². The smallest absolute Gasteiger partial charge is 0.238 e. The van der Waals surface area contributed by atoms with Crippen LogP contribution in [0.25, 0.3) is 0 Å². The number of nitrogens with two attached hydrogens (primary N) is 1. The van der Waals surface area contributed by atoms with Gasteiger partial charge in [-0.05, 0) is 61.6 Å². The number of nitrogens with one attached hydrogen (secondary N) is 1. The summed E-state index contributed by atoms with van der Waals surface area (Å²) in [5, 5.41) is 8.74. The molecule has 0 aliphatic heterocycles. The molecular weight excluding hydrogens is 272 g/mol. The van der Waals surface area contributed by atoms with Gasteiger partial charge in [0, 0.05) is 12.6 Å². The van der Waals surface area contributed by atoms with Crippen LogP contribution in [0.4, 0.5) is 0 Å². The van der Waals surface area contributed by atoms with Crippen LogP contribution >= 0.6 is 0 Å². The van der Waals surface area contributed by atoms with Crippen molar-refractivity contribution in [2.45, 2.75) is 43.5 Å². The van der Waals surface area contributed by atoms with Gasteiger partial charge in [0.2, 0.25) is 10.0 Å². The van der Waals surface area contributed by atoms with E-state index in [-0.39, 0.29) is 10.9 Å². The zero-order valence-corrected chi connectivity index (χ0v) is 12.6. The topological polar surface area (TPSA) is 72.2 Å². The van der Waals surface area contributed by atoms with Crippen LogP contribution in [0.5, 0.6) is 0 Å². The molecule has 0 bridgehead atoms. The van der Waals surface area contributed by atoms with E-state index in [0.29, 0.717) is 5.41 Å². The van der Waals surface area contributed by atoms with E-state index in [1.54, 1.807) is 12.1 Å². The molecule has 1 aromatic rings. The number of rotatable bonds is 6. The van der Waals surface area contributed by atoms with Gasteiger partial charge in [-0.3, -0.25) is 0 Å². The van der Waals surface area contributed by atoms with Gasteiger partial charge in [0.15, 0.2) is 0 Å². The standard InChI is InChI=1S/C15H22N2O2S/c1-11(17-10-15(7-8-15)13-5-6-13)12-3-2-4-14(9-12)20(16,18)19/h2-4,9,11,13,17H,5-8,10H2,1H3,(H2,16,18,19). The Kier molecular flexibility index (Phi) is 3.39. The lowest BCUT2D eigenvalue weighted by molar-refractivity contribution is 0.382. The predicted octanol–water partition coefficient (Wildman–Crippen LogP) is 2.17. The largest absolute Gasteiger partial charge is 0.310 e. The molecule has 20 heavy (non-hydrogen) atoms. The van der Waals surface area contributed by atoms with Crippen molar-refractivity contribution < 1.29 is 8.42 Å². The van der Waals surface area contributed by atoms with Crippen LogP contribution in [-0.2, 0) is 10.0 Å². The molecule has 110 valence electrons. The summed E-state index contributed by atoms with van der Waals surface area (Å²) in [6, 6.07) is 7.05. The molecule has 1 aromatic carbocycles. The van der Waals surface area contributed by atoms with E-state index in [4.69, 9.17) is 5.14 Å². The Morgan fingerprint density at radius 3 is 2.65 bits per heavy atom. The monoisotopic (exact) mass is 294 g/mol. The Labute approximate surface area is 120 Å². The SMILES string of the molecule is CC(NCC1(C2CC2)CC1)c1cccc(S(N)(=O)=O)c1. The third kappa shape index (κ3) is 2.90. The Morgan fingerprint density at radius 2 is 2.10 bits per heavy atom. The third-order valence-corrected chi connectivity index (χ3v) is 5.69. The second-order valence-electron chi connectivity index (χ2n) is 6.36. The number of benzene rings is 1. The number of primary sulfonamides is 1.